The third-order valence-electron chi connectivity index (χ3n) is 1.43. The molecular weight excluding hydrogens is 161 g/mol. The molecule has 0 aromatic carbocycles. The van der Waals surface area contributed by atoms with Crippen molar-refractivity contribution in [1.29, 1.82) is 0 Å². The van der Waals surface area contributed by atoms with E-state index in [2.05, 4.69) is 0 Å². The minimum Gasteiger partial charge on any atom is -0.392 e. The Kier molecular flexibility index (Phi) is 1.93. The van der Waals surface area contributed by atoms with Gasteiger partial charge >= 0.3 is 10.4 Å². The largest absolute Gasteiger partial charge is 0.392 e. The second-order valence-corrected chi connectivity index (χ2v) is 3.58. The van der Waals surface area contributed by atoms with E-state index in [9.17, 15) is 12.3 Å². The van der Waals surface area contributed by atoms with Crippen LogP contribution in [0.1, 0.15) is 6.42 Å². The molecule has 1 aliphatic rings. The molecule has 0 bridgehead atoms. The van der Waals surface area contributed by atoms with Crippen LogP contribution in [0.2, 0.25) is 0 Å². The molecular formula is C4H8FNO3S. The predicted octanol–water partition coefficient (Wildman–Crippen LogP) is -0.733. The topological polar surface area (TPSA) is 57.6 Å². The van der Waals surface area contributed by atoms with Crippen LogP contribution >= 0.6 is 0 Å². The molecule has 0 spiro atoms. The maximum atomic E-state index is 12.1. The van der Waals surface area contributed by atoms with Gasteiger partial charge in [-0.15, -0.1) is 0 Å². The Balaban J connectivity index is 2.62. The zero-order valence-electron chi connectivity index (χ0n) is 5.20. The highest BCUT2D eigenvalue weighted by Crippen LogP contribution is 2.13. The summed E-state index contributed by atoms with van der Waals surface area (Å²) in [4.78, 5) is 0. The zero-order valence-corrected chi connectivity index (χ0v) is 6.01. The lowest BCUT2D eigenvalue weighted by Crippen LogP contribution is -2.25. The quantitative estimate of drug-likeness (QED) is 0.526. The molecule has 4 nitrogen and oxygen atoms in total. The van der Waals surface area contributed by atoms with Crippen molar-refractivity contribution in [2.24, 2.45) is 0 Å². The summed E-state index contributed by atoms with van der Waals surface area (Å²) in [5.74, 6) is 0. The molecule has 10 heavy (non-hydrogen) atoms. The summed E-state index contributed by atoms with van der Waals surface area (Å²) in [5, 5.41) is 8.79. The summed E-state index contributed by atoms with van der Waals surface area (Å²) in [5.41, 5.74) is 0. The molecule has 1 atom stereocenters. The fourth-order valence-corrected chi connectivity index (χ4v) is 1.58. The fourth-order valence-electron chi connectivity index (χ4n) is 0.909. The molecule has 0 aliphatic carbocycles. The first kappa shape index (κ1) is 7.90. The molecule has 1 unspecified atom stereocenters. The fraction of sp³-hybridized carbons (Fsp3) is 1.00. The van der Waals surface area contributed by atoms with Gasteiger partial charge in [-0.1, -0.05) is 3.89 Å². The molecule has 1 saturated heterocycles. The van der Waals surface area contributed by atoms with E-state index >= 15 is 0 Å². The Morgan fingerprint density at radius 1 is 1.60 bits per heavy atom. The van der Waals surface area contributed by atoms with Gasteiger partial charge in [0.15, 0.2) is 0 Å². The molecule has 1 heterocycles. The summed E-state index contributed by atoms with van der Waals surface area (Å²) >= 11 is 0. The Morgan fingerprint density at radius 3 is 2.40 bits per heavy atom. The Hall–Kier alpha value is -0.200. The lowest BCUT2D eigenvalue weighted by Gasteiger charge is -2.06. The number of hydrogen-bond acceptors (Lipinski definition) is 3. The van der Waals surface area contributed by atoms with E-state index in [1.165, 1.54) is 0 Å². The molecule has 6 heteroatoms. The van der Waals surface area contributed by atoms with Crippen molar-refractivity contribution >= 4 is 10.4 Å². The smallest absolute Gasteiger partial charge is 0.374 e. The van der Waals surface area contributed by atoms with Crippen LogP contribution in [0.15, 0.2) is 0 Å². The number of nitrogens with zero attached hydrogens (tertiary/aromatic N) is 1. The first-order valence-corrected chi connectivity index (χ1v) is 4.22. The molecule has 1 aliphatic heterocycles. The monoisotopic (exact) mass is 169 g/mol. The molecule has 1 rings (SSSR count). The second kappa shape index (κ2) is 2.44. The highest BCUT2D eigenvalue weighted by molar-refractivity contribution is 7.83. The zero-order chi connectivity index (χ0) is 7.78. The van der Waals surface area contributed by atoms with Gasteiger partial charge in [0.25, 0.3) is 0 Å². The van der Waals surface area contributed by atoms with Crippen LogP contribution in [-0.4, -0.2) is 37.0 Å². The highest BCUT2D eigenvalue weighted by Gasteiger charge is 2.29. The van der Waals surface area contributed by atoms with E-state index in [1.807, 2.05) is 0 Å². The molecule has 0 aromatic heterocycles. The molecule has 60 valence electrons. The van der Waals surface area contributed by atoms with Gasteiger partial charge in [-0.25, -0.2) is 0 Å². The summed E-state index contributed by atoms with van der Waals surface area (Å²) in [6, 6.07) is 0. The maximum absolute atomic E-state index is 12.1. The molecule has 1 N–H and O–H groups in total. The SMILES string of the molecule is O=S(=O)(F)N1CCC(O)C1. The van der Waals surface area contributed by atoms with Crippen LogP contribution in [0.5, 0.6) is 0 Å². The number of hydrogen-bond donors (Lipinski definition) is 1. The van der Waals surface area contributed by atoms with Gasteiger partial charge in [0.05, 0.1) is 6.10 Å². The van der Waals surface area contributed by atoms with Gasteiger partial charge in [0.1, 0.15) is 0 Å². The number of β-amino-alcohol motifs (C(OH)–C–C–N with tert-alkyl or cyclic N) is 1. The lowest BCUT2D eigenvalue weighted by atomic mass is 10.3. The number of aliphatic hydroxyl groups is 1. The van der Waals surface area contributed by atoms with Crippen LogP contribution in [0, 0.1) is 0 Å². The first-order chi connectivity index (χ1) is 4.50. The van der Waals surface area contributed by atoms with E-state index in [0.717, 1.165) is 0 Å². The minimum atomic E-state index is -4.56. The lowest BCUT2D eigenvalue weighted by molar-refractivity contribution is 0.188. The Bertz CT molecular complexity index is 215. The number of halogens is 1. The standard InChI is InChI=1S/C4H8FNO3S/c5-10(8,9)6-2-1-4(7)3-6/h4,7H,1-3H2. The molecule has 1 fully saturated rings. The van der Waals surface area contributed by atoms with Gasteiger partial charge < -0.3 is 5.11 Å². The minimum absolute atomic E-state index is 0.0833. The van der Waals surface area contributed by atoms with E-state index in [1.54, 1.807) is 0 Å². The van der Waals surface area contributed by atoms with Crippen LogP contribution in [0.4, 0.5) is 3.89 Å². The predicted molar refractivity (Wildman–Crippen MR) is 32.2 cm³/mol. The summed E-state index contributed by atoms with van der Waals surface area (Å²) < 4.78 is 32.9. The number of rotatable bonds is 1. The second-order valence-electron chi connectivity index (χ2n) is 2.24. The van der Waals surface area contributed by atoms with Crippen LogP contribution < -0.4 is 0 Å². The molecule has 0 radical (unpaired) electrons. The number of aliphatic hydroxyl groups excluding tert-OH is 1. The molecule has 0 aromatic rings. The third kappa shape index (κ3) is 1.65. The van der Waals surface area contributed by atoms with Crippen LogP contribution in [0.3, 0.4) is 0 Å². The normalized spacial score (nSPS) is 29.2. The van der Waals surface area contributed by atoms with Crippen molar-refractivity contribution in [2.45, 2.75) is 12.5 Å². The van der Waals surface area contributed by atoms with Gasteiger partial charge in [0, 0.05) is 13.1 Å². The van der Waals surface area contributed by atoms with Crippen LogP contribution in [-0.2, 0) is 10.4 Å². The summed E-state index contributed by atoms with van der Waals surface area (Å²) in [7, 11) is -4.56. The van der Waals surface area contributed by atoms with E-state index in [0.29, 0.717) is 10.7 Å². The summed E-state index contributed by atoms with van der Waals surface area (Å²) in [6.45, 7) is -0.0289. The Morgan fingerprint density at radius 2 is 2.20 bits per heavy atom. The average Bonchev–Trinajstić information content (AvgIpc) is 2.11. The van der Waals surface area contributed by atoms with Crippen molar-refractivity contribution in [3.63, 3.8) is 0 Å². The van der Waals surface area contributed by atoms with Crippen LogP contribution in [0.25, 0.3) is 0 Å². The highest BCUT2D eigenvalue weighted by atomic mass is 32.3. The van der Waals surface area contributed by atoms with E-state index < -0.39 is 16.5 Å². The first-order valence-electron chi connectivity index (χ1n) is 2.88. The molecule has 0 amide bonds. The van der Waals surface area contributed by atoms with Gasteiger partial charge in [0.2, 0.25) is 0 Å². The van der Waals surface area contributed by atoms with Crippen molar-refractivity contribution < 1.29 is 17.4 Å². The van der Waals surface area contributed by atoms with Gasteiger partial charge in [-0.3, -0.25) is 0 Å². The molecule has 0 saturated carbocycles. The van der Waals surface area contributed by atoms with Crippen molar-refractivity contribution in [3.05, 3.63) is 0 Å². The Labute approximate surface area is 58.6 Å². The summed E-state index contributed by atoms with van der Waals surface area (Å²) in [6.07, 6.45) is -0.381. The van der Waals surface area contributed by atoms with Crippen molar-refractivity contribution in [1.82, 2.24) is 4.31 Å². The maximum Gasteiger partial charge on any atom is 0.374 e. The van der Waals surface area contributed by atoms with Gasteiger partial charge in [-0.2, -0.15) is 12.7 Å². The third-order valence-corrected chi connectivity index (χ3v) is 2.38. The average molecular weight is 169 g/mol. The van der Waals surface area contributed by atoms with E-state index in [4.69, 9.17) is 5.11 Å². The van der Waals surface area contributed by atoms with Gasteiger partial charge in [-0.05, 0) is 6.42 Å². The van der Waals surface area contributed by atoms with Crippen molar-refractivity contribution in [3.8, 4) is 0 Å². The van der Waals surface area contributed by atoms with Crippen molar-refractivity contribution in [2.75, 3.05) is 13.1 Å². The van der Waals surface area contributed by atoms with E-state index in [-0.39, 0.29) is 13.1 Å².